The van der Waals surface area contributed by atoms with E-state index in [2.05, 4.69) is 9.44 Å². The van der Waals surface area contributed by atoms with Crippen molar-refractivity contribution in [3.63, 3.8) is 0 Å². The molecular weight excluding hydrogens is 491 g/mol. The monoisotopic (exact) mass is 514 g/mol. The second-order valence-electron chi connectivity index (χ2n) is 9.51. The average Bonchev–Trinajstić information content (AvgIpc) is 2.68. The van der Waals surface area contributed by atoms with Gasteiger partial charge in [0, 0.05) is 16.2 Å². The summed E-state index contributed by atoms with van der Waals surface area (Å²) in [5.74, 6) is 1.87. The topological polar surface area (TPSA) is 92.3 Å². The summed E-state index contributed by atoms with van der Waals surface area (Å²) in [7, 11) is -7.70. The summed E-state index contributed by atoms with van der Waals surface area (Å²) in [6.07, 6.45) is 6.43. The van der Waals surface area contributed by atoms with E-state index < -0.39 is 20.0 Å². The van der Waals surface area contributed by atoms with Gasteiger partial charge >= 0.3 is 0 Å². The van der Waals surface area contributed by atoms with Crippen LogP contribution in [-0.4, -0.2) is 22.4 Å². The van der Waals surface area contributed by atoms with E-state index in [-0.39, 0.29) is 31.1 Å². The van der Waals surface area contributed by atoms with Crippen molar-refractivity contribution in [1.82, 2.24) is 4.72 Å². The summed E-state index contributed by atoms with van der Waals surface area (Å²) in [4.78, 5) is -0.0242. The van der Waals surface area contributed by atoms with Crippen molar-refractivity contribution in [3.8, 4) is 0 Å². The number of anilines is 1. The molecule has 4 aliphatic rings. The first-order chi connectivity index (χ1) is 15.0. The Morgan fingerprint density at radius 3 is 1.91 bits per heavy atom. The summed E-state index contributed by atoms with van der Waals surface area (Å²) in [6.45, 7) is 0. The smallest absolute Gasteiger partial charge is 0.263 e. The summed E-state index contributed by atoms with van der Waals surface area (Å²) in [5, 5.41) is 0.285. The molecule has 6 rings (SSSR count). The lowest BCUT2D eigenvalue weighted by molar-refractivity contribution is -0.00810. The van der Waals surface area contributed by atoms with E-state index in [0.717, 1.165) is 19.3 Å². The molecule has 0 aromatic heterocycles. The molecule has 2 aromatic rings. The van der Waals surface area contributed by atoms with E-state index in [0.29, 0.717) is 17.8 Å². The molecule has 4 saturated carbocycles. The lowest BCUT2D eigenvalue weighted by Gasteiger charge is -2.56. The highest BCUT2D eigenvalue weighted by molar-refractivity contribution is 7.92. The molecule has 4 fully saturated rings. The van der Waals surface area contributed by atoms with Crippen LogP contribution in [0.4, 0.5) is 5.69 Å². The highest BCUT2D eigenvalue weighted by Crippen LogP contribution is 2.56. The first kappa shape index (κ1) is 22.5. The molecule has 6 nitrogen and oxygen atoms in total. The number of halogens is 2. The third kappa shape index (κ3) is 4.28. The van der Waals surface area contributed by atoms with Crippen LogP contribution in [0.1, 0.15) is 38.5 Å². The van der Waals surface area contributed by atoms with Crippen LogP contribution in [0.5, 0.6) is 0 Å². The molecule has 0 aliphatic heterocycles. The Labute approximate surface area is 198 Å². The molecule has 172 valence electrons. The molecule has 0 amide bonds. The van der Waals surface area contributed by atoms with E-state index in [9.17, 15) is 16.8 Å². The minimum Gasteiger partial charge on any atom is -0.280 e. The van der Waals surface area contributed by atoms with Crippen LogP contribution in [0, 0.1) is 17.8 Å². The van der Waals surface area contributed by atoms with Crippen LogP contribution in [0.3, 0.4) is 0 Å². The highest BCUT2D eigenvalue weighted by Gasteiger charge is 2.52. The van der Waals surface area contributed by atoms with Crippen LogP contribution in [0.2, 0.25) is 10.0 Å². The van der Waals surface area contributed by atoms with E-state index >= 15 is 0 Å². The first-order valence-corrected chi connectivity index (χ1v) is 14.4. The van der Waals surface area contributed by atoms with Gasteiger partial charge in [-0.3, -0.25) is 4.72 Å². The first-order valence-electron chi connectivity index (χ1n) is 10.7. The third-order valence-corrected chi connectivity index (χ3v) is 10.7. The van der Waals surface area contributed by atoms with Gasteiger partial charge in [0.1, 0.15) is 4.90 Å². The van der Waals surface area contributed by atoms with Gasteiger partial charge in [0.15, 0.2) is 0 Å². The molecule has 4 bridgehead atoms. The van der Waals surface area contributed by atoms with Crippen LogP contribution >= 0.6 is 23.2 Å². The number of benzene rings is 2. The van der Waals surface area contributed by atoms with E-state index in [4.69, 9.17) is 23.2 Å². The molecule has 0 spiro atoms. The van der Waals surface area contributed by atoms with Crippen molar-refractivity contribution < 1.29 is 16.8 Å². The van der Waals surface area contributed by atoms with Crippen LogP contribution in [0.15, 0.2) is 52.3 Å². The van der Waals surface area contributed by atoms with Gasteiger partial charge in [-0.25, -0.2) is 21.6 Å². The predicted octanol–water partition coefficient (Wildman–Crippen LogP) is 5.04. The minimum absolute atomic E-state index is 0.0425. The Kier molecular flexibility index (Phi) is 5.53. The molecule has 0 unspecified atom stereocenters. The maximum absolute atomic E-state index is 13.1. The Hall–Kier alpha value is -1.32. The van der Waals surface area contributed by atoms with E-state index in [1.165, 1.54) is 61.7 Å². The summed E-state index contributed by atoms with van der Waals surface area (Å²) in [5.41, 5.74) is -0.105. The van der Waals surface area contributed by atoms with Crippen molar-refractivity contribution in [3.05, 3.63) is 52.5 Å². The normalized spacial score (nSPS) is 29.2. The summed E-state index contributed by atoms with van der Waals surface area (Å²) >= 11 is 11.9. The van der Waals surface area contributed by atoms with Crippen molar-refractivity contribution in [2.24, 2.45) is 17.8 Å². The Balaban J connectivity index is 1.34. The summed E-state index contributed by atoms with van der Waals surface area (Å²) in [6, 6.07) is 9.87. The fourth-order valence-electron chi connectivity index (χ4n) is 6.17. The Morgan fingerprint density at radius 1 is 0.781 bits per heavy atom. The molecule has 2 aromatic carbocycles. The Morgan fingerprint density at radius 2 is 1.34 bits per heavy atom. The standard InChI is InChI=1S/C22H24Cl2N2O4S2/c23-17-1-6-20(24)21(10-17)32(29,30)25-18-2-4-19(5-3-18)31(27,28)26-22-11-14-7-15(12-22)9-16(8-14)13-22/h1-6,10,14-16,25-26H,7-9,11-13H2. The number of sulfonamides is 2. The fraction of sp³-hybridized carbons (Fsp3) is 0.455. The summed E-state index contributed by atoms with van der Waals surface area (Å²) < 4.78 is 57.1. The second-order valence-corrected chi connectivity index (χ2v) is 13.7. The zero-order valence-electron chi connectivity index (χ0n) is 17.2. The van der Waals surface area contributed by atoms with Gasteiger partial charge in [-0.2, -0.15) is 0 Å². The fourth-order valence-corrected chi connectivity index (χ4v) is 9.43. The van der Waals surface area contributed by atoms with Gasteiger partial charge in [0.2, 0.25) is 10.0 Å². The van der Waals surface area contributed by atoms with Crippen LogP contribution in [0.25, 0.3) is 0 Å². The van der Waals surface area contributed by atoms with Gasteiger partial charge in [0.25, 0.3) is 10.0 Å². The van der Waals surface area contributed by atoms with Gasteiger partial charge in [-0.15, -0.1) is 0 Å². The molecule has 10 heteroatoms. The average molecular weight is 515 g/mol. The molecule has 0 atom stereocenters. The predicted molar refractivity (Wildman–Crippen MR) is 125 cm³/mol. The Bertz CT molecular complexity index is 1230. The van der Waals surface area contributed by atoms with Gasteiger partial charge < -0.3 is 0 Å². The quantitative estimate of drug-likeness (QED) is 0.564. The molecule has 0 saturated heterocycles. The van der Waals surface area contributed by atoms with Crippen LogP contribution in [-0.2, 0) is 20.0 Å². The molecule has 2 N–H and O–H groups in total. The van der Waals surface area contributed by atoms with E-state index in [1.54, 1.807) is 0 Å². The van der Waals surface area contributed by atoms with Gasteiger partial charge in [-0.1, -0.05) is 23.2 Å². The third-order valence-electron chi connectivity index (χ3n) is 6.99. The van der Waals surface area contributed by atoms with Crippen molar-refractivity contribution in [2.45, 2.75) is 53.9 Å². The maximum atomic E-state index is 13.1. The lowest BCUT2D eigenvalue weighted by Crippen LogP contribution is -2.59. The zero-order chi connectivity index (χ0) is 22.7. The molecule has 32 heavy (non-hydrogen) atoms. The van der Waals surface area contributed by atoms with Crippen molar-refractivity contribution >= 4 is 48.9 Å². The minimum atomic E-state index is -3.98. The number of nitrogens with one attached hydrogen (secondary N) is 2. The van der Waals surface area contributed by atoms with Gasteiger partial charge in [0.05, 0.1) is 9.92 Å². The largest absolute Gasteiger partial charge is 0.280 e. The highest BCUT2D eigenvalue weighted by atomic mass is 35.5. The number of hydrogen-bond acceptors (Lipinski definition) is 4. The number of hydrogen-bond donors (Lipinski definition) is 2. The zero-order valence-corrected chi connectivity index (χ0v) is 20.4. The number of rotatable bonds is 6. The lowest BCUT2D eigenvalue weighted by atomic mass is 9.53. The second kappa shape index (κ2) is 7.87. The van der Waals surface area contributed by atoms with E-state index in [1.807, 2.05) is 0 Å². The molecule has 0 radical (unpaired) electrons. The SMILES string of the molecule is O=S(=O)(NC12CC3CC(CC(C3)C1)C2)c1ccc(NS(=O)(=O)c2cc(Cl)ccc2Cl)cc1. The maximum Gasteiger partial charge on any atom is 0.263 e. The molecule has 4 aliphatic carbocycles. The molecular formula is C22H24Cl2N2O4S2. The molecule has 0 heterocycles. The van der Waals surface area contributed by atoms with Crippen molar-refractivity contribution in [2.75, 3.05) is 4.72 Å². The van der Waals surface area contributed by atoms with Gasteiger partial charge in [-0.05, 0) is 98.7 Å². The van der Waals surface area contributed by atoms with Crippen LogP contribution < -0.4 is 9.44 Å². The van der Waals surface area contributed by atoms with Crippen molar-refractivity contribution in [1.29, 1.82) is 0 Å².